The summed E-state index contributed by atoms with van der Waals surface area (Å²) in [5.41, 5.74) is 13.9. The fraction of sp³-hybridized carbons (Fsp3) is 0.438. The maximum absolute atomic E-state index is 11.0. The maximum Gasteiger partial charge on any atom is 0.142 e. The number of nitrogen functional groups attached to an aromatic ring is 1. The monoisotopic (exact) mass is 515 g/mol. The summed E-state index contributed by atoms with van der Waals surface area (Å²) in [7, 11) is 1.65. The highest BCUT2D eigenvalue weighted by Gasteiger charge is 2.22. The zero-order valence-corrected chi connectivity index (χ0v) is 22.8. The van der Waals surface area contributed by atoms with Gasteiger partial charge >= 0.3 is 0 Å². The fourth-order valence-electron chi connectivity index (χ4n) is 5.89. The molecule has 0 spiro atoms. The van der Waals surface area contributed by atoms with E-state index in [0.717, 1.165) is 86.5 Å². The quantitative estimate of drug-likeness (QED) is 0.385. The third kappa shape index (κ3) is 5.77. The molecule has 38 heavy (non-hydrogen) atoms. The lowest BCUT2D eigenvalue weighted by Crippen LogP contribution is -2.47. The van der Waals surface area contributed by atoms with Crippen LogP contribution in [0.25, 0.3) is 11.1 Å². The minimum absolute atomic E-state index is 0.316. The minimum Gasteiger partial charge on any atom is -0.507 e. The lowest BCUT2D eigenvalue weighted by Gasteiger charge is -2.33. The summed E-state index contributed by atoms with van der Waals surface area (Å²) < 4.78 is 11.6. The van der Waals surface area contributed by atoms with Crippen molar-refractivity contribution in [1.29, 1.82) is 0 Å². The molecule has 0 unspecified atom stereocenters. The number of hydrogen-bond donors (Lipinski definition) is 2. The van der Waals surface area contributed by atoms with Gasteiger partial charge in [0.25, 0.3) is 0 Å². The van der Waals surface area contributed by atoms with E-state index in [1.807, 2.05) is 30.3 Å². The first kappa shape index (κ1) is 26.4. The molecule has 0 saturated carbocycles. The first-order valence-corrected chi connectivity index (χ1v) is 14.0. The molecule has 202 valence electrons. The number of fused-ring (bicyclic) bond motifs is 1. The Hall–Kier alpha value is -3.22. The van der Waals surface area contributed by atoms with Crippen molar-refractivity contribution < 1.29 is 14.6 Å². The van der Waals surface area contributed by atoms with E-state index in [4.69, 9.17) is 15.2 Å². The van der Waals surface area contributed by atoms with Crippen molar-refractivity contribution in [1.82, 2.24) is 9.80 Å². The number of nitrogens with zero attached hydrogens (tertiary/aromatic N) is 2. The number of anilines is 1. The smallest absolute Gasteiger partial charge is 0.142 e. The lowest BCUT2D eigenvalue weighted by molar-refractivity contribution is 0.121. The second-order valence-electron chi connectivity index (χ2n) is 10.5. The van der Waals surface area contributed by atoms with E-state index >= 15 is 0 Å². The van der Waals surface area contributed by atoms with Crippen LogP contribution in [0.2, 0.25) is 0 Å². The fourth-order valence-corrected chi connectivity index (χ4v) is 5.89. The Morgan fingerprint density at radius 1 is 0.895 bits per heavy atom. The maximum atomic E-state index is 11.0. The Morgan fingerprint density at radius 2 is 1.63 bits per heavy atom. The van der Waals surface area contributed by atoms with Crippen molar-refractivity contribution >= 4 is 5.69 Å². The Bertz CT molecular complexity index is 1230. The zero-order chi connectivity index (χ0) is 26.5. The van der Waals surface area contributed by atoms with Gasteiger partial charge in [-0.3, -0.25) is 4.90 Å². The molecule has 6 nitrogen and oxygen atoms in total. The number of aryl methyl sites for hydroxylation is 1. The van der Waals surface area contributed by atoms with Crippen molar-refractivity contribution in [2.45, 2.75) is 39.0 Å². The molecule has 5 rings (SSSR count). The summed E-state index contributed by atoms with van der Waals surface area (Å²) in [6.07, 6.45) is 5.01. The number of ether oxygens (including phenoxy) is 2. The van der Waals surface area contributed by atoms with Gasteiger partial charge in [-0.2, -0.15) is 0 Å². The van der Waals surface area contributed by atoms with Crippen LogP contribution in [-0.4, -0.2) is 67.9 Å². The van der Waals surface area contributed by atoms with Gasteiger partial charge < -0.3 is 25.2 Å². The molecular formula is C32H41N3O3. The summed E-state index contributed by atoms with van der Waals surface area (Å²) >= 11 is 0. The molecule has 6 heteroatoms. The second-order valence-corrected chi connectivity index (χ2v) is 10.5. The first-order valence-electron chi connectivity index (χ1n) is 14.0. The van der Waals surface area contributed by atoms with Crippen LogP contribution in [0.4, 0.5) is 5.69 Å². The van der Waals surface area contributed by atoms with Gasteiger partial charge in [0.15, 0.2) is 0 Å². The number of phenolic OH excluding ortho intramolecular Hbond substituents is 1. The number of rotatable bonds is 9. The molecule has 0 amide bonds. The molecule has 0 atom stereocenters. The normalized spacial score (nSPS) is 16.3. The number of methoxy groups -OCH3 is 1. The van der Waals surface area contributed by atoms with Gasteiger partial charge in [-0.05, 0) is 84.3 Å². The van der Waals surface area contributed by atoms with Gasteiger partial charge in [-0.1, -0.05) is 31.2 Å². The highest BCUT2D eigenvalue weighted by molar-refractivity contribution is 5.83. The standard InChI is InChI=1S/C32H41N3O3/c1-3-34-16-18-35(19-17-34)20-21-38-25-11-8-23(9-12-25)22-28-27(13-15-30(37-2)32(28)33)31-26-7-5-4-6-24(26)10-14-29(31)36/h8-15,36H,3-7,16-22,33H2,1-2H3. The molecule has 1 aliphatic heterocycles. The van der Waals surface area contributed by atoms with Crippen LogP contribution in [0.15, 0.2) is 48.5 Å². The molecule has 1 saturated heterocycles. The van der Waals surface area contributed by atoms with E-state index in [0.29, 0.717) is 30.2 Å². The van der Waals surface area contributed by atoms with Crippen molar-refractivity contribution in [2.75, 3.05) is 58.7 Å². The molecule has 0 bridgehead atoms. The molecule has 3 N–H and O–H groups in total. The van der Waals surface area contributed by atoms with Crippen molar-refractivity contribution in [3.05, 3.63) is 70.8 Å². The molecular weight excluding hydrogens is 474 g/mol. The zero-order valence-electron chi connectivity index (χ0n) is 22.8. The molecule has 1 aliphatic carbocycles. The van der Waals surface area contributed by atoms with Crippen LogP contribution >= 0.6 is 0 Å². The highest BCUT2D eigenvalue weighted by atomic mass is 16.5. The van der Waals surface area contributed by atoms with Crippen LogP contribution in [0.3, 0.4) is 0 Å². The number of aromatic hydroxyl groups is 1. The number of hydrogen-bond acceptors (Lipinski definition) is 6. The van der Waals surface area contributed by atoms with E-state index in [-0.39, 0.29) is 0 Å². The second kappa shape index (κ2) is 12.1. The first-order chi connectivity index (χ1) is 18.6. The number of piperazine rings is 1. The topological polar surface area (TPSA) is 71.2 Å². The Balaban J connectivity index is 1.32. The van der Waals surface area contributed by atoms with Gasteiger partial charge in [0.05, 0.1) is 12.8 Å². The highest BCUT2D eigenvalue weighted by Crippen LogP contribution is 2.43. The van der Waals surface area contributed by atoms with Crippen LogP contribution < -0.4 is 15.2 Å². The van der Waals surface area contributed by atoms with Gasteiger partial charge in [-0.15, -0.1) is 0 Å². The van der Waals surface area contributed by atoms with E-state index in [9.17, 15) is 5.11 Å². The summed E-state index contributed by atoms with van der Waals surface area (Å²) in [5, 5.41) is 11.0. The Morgan fingerprint density at radius 3 is 2.37 bits per heavy atom. The Kier molecular flexibility index (Phi) is 8.40. The number of likely N-dealkylation sites (N-methyl/N-ethyl adjacent to an activating group) is 1. The summed E-state index contributed by atoms with van der Waals surface area (Å²) in [4.78, 5) is 4.97. The average Bonchev–Trinajstić information content (AvgIpc) is 2.95. The molecule has 1 heterocycles. The molecule has 3 aromatic carbocycles. The van der Waals surface area contributed by atoms with E-state index in [1.165, 1.54) is 17.5 Å². The minimum atomic E-state index is 0.316. The molecule has 2 aliphatic rings. The number of benzene rings is 3. The van der Waals surface area contributed by atoms with Gasteiger partial charge in [0, 0.05) is 44.7 Å². The van der Waals surface area contributed by atoms with Gasteiger partial charge in [0.1, 0.15) is 23.9 Å². The molecule has 1 fully saturated rings. The van der Waals surface area contributed by atoms with Gasteiger partial charge in [0.2, 0.25) is 0 Å². The summed E-state index contributed by atoms with van der Waals surface area (Å²) in [5.74, 6) is 1.86. The van der Waals surface area contributed by atoms with Crippen LogP contribution in [-0.2, 0) is 19.3 Å². The van der Waals surface area contributed by atoms with Crippen molar-refractivity contribution in [3.8, 4) is 28.4 Å². The average molecular weight is 516 g/mol. The molecule has 3 aromatic rings. The predicted molar refractivity (Wildman–Crippen MR) is 154 cm³/mol. The third-order valence-electron chi connectivity index (χ3n) is 8.21. The SMILES string of the molecule is CCN1CCN(CCOc2ccc(Cc3c(-c4c(O)ccc5c4CCCC5)ccc(OC)c3N)cc2)CC1. The Labute approximate surface area is 227 Å². The van der Waals surface area contributed by atoms with Gasteiger partial charge in [-0.25, -0.2) is 0 Å². The lowest BCUT2D eigenvalue weighted by atomic mass is 9.83. The van der Waals surface area contributed by atoms with Crippen LogP contribution in [0.1, 0.15) is 42.0 Å². The number of phenols is 1. The number of nitrogens with two attached hydrogens (primary N) is 1. The summed E-state index contributed by atoms with van der Waals surface area (Å²) in [6.45, 7) is 9.51. The van der Waals surface area contributed by atoms with Crippen LogP contribution in [0.5, 0.6) is 17.2 Å². The molecule has 0 radical (unpaired) electrons. The van der Waals surface area contributed by atoms with E-state index in [2.05, 4.69) is 34.9 Å². The molecule has 0 aromatic heterocycles. The van der Waals surface area contributed by atoms with E-state index in [1.54, 1.807) is 7.11 Å². The largest absolute Gasteiger partial charge is 0.507 e. The summed E-state index contributed by atoms with van der Waals surface area (Å²) in [6, 6.07) is 16.2. The third-order valence-corrected chi connectivity index (χ3v) is 8.21. The van der Waals surface area contributed by atoms with Crippen LogP contribution in [0, 0.1) is 0 Å². The van der Waals surface area contributed by atoms with Crippen molar-refractivity contribution in [2.24, 2.45) is 0 Å². The van der Waals surface area contributed by atoms with E-state index < -0.39 is 0 Å². The van der Waals surface area contributed by atoms with Crippen molar-refractivity contribution in [3.63, 3.8) is 0 Å². The predicted octanol–water partition coefficient (Wildman–Crippen LogP) is 5.14.